The van der Waals surface area contributed by atoms with Crippen LogP contribution in [0.4, 0.5) is 0 Å². The zero-order valence-corrected chi connectivity index (χ0v) is 9.07. The lowest BCUT2D eigenvalue weighted by Crippen LogP contribution is -2.48. The SMILES string of the molecule is C=CCN(CC=C)C(C(N)=O)C(C)C. The number of amides is 1. The Labute approximate surface area is 86.3 Å². The fraction of sp³-hybridized carbons (Fsp3) is 0.545. The predicted octanol–water partition coefficient (Wildman–Crippen LogP) is 1.17. The Hall–Kier alpha value is -1.09. The Balaban J connectivity index is 4.61. The van der Waals surface area contributed by atoms with Crippen molar-refractivity contribution >= 4 is 5.91 Å². The number of nitrogens with zero attached hydrogens (tertiary/aromatic N) is 1. The van der Waals surface area contributed by atoms with Gasteiger partial charge in [-0.1, -0.05) is 26.0 Å². The molecule has 3 nitrogen and oxygen atoms in total. The van der Waals surface area contributed by atoms with Crippen molar-refractivity contribution in [1.82, 2.24) is 4.90 Å². The van der Waals surface area contributed by atoms with Gasteiger partial charge in [-0.25, -0.2) is 0 Å². The molecule has 14 heavy (non-hydrogen) atoms. The molecule has 0 fully saturated rings. The van der Waals surface area contributed by atoms with E-state index in [2.05, 4.69) is 13.2 Å². The van der Waals surface area contributed by atoms with Crippen molar-refractivity contribution in [2.24, 2.45) is 11.7 Å². The average Bonchev–Trinajstić information content (AvgIpc) is 2.03. The number of carbonyl (C=O) groups excluding carboxylic acids is 1. The van der Waals surface area contributed by atoms with Crippen LogP contribution in [0.3, 0.4) is 0 Å². The molecule has 0 bridgehead atoms. The van der Waals surface area contributed by atoms with Gasteiger partial charge in [0.1, 0.15) is 0 Å². The molecule has 0 radical (unpaired) electrons. The van der Waals surface area contributed by atoms with Gasteiger partial charge in [0.05, 0.1) is 6.04 Å². The van der Waals surface area contributed by atoms with E-state index < -0.39 is 0 Å². The first-order chi connectivity index (χ1) is 6.54. The smallest absolute Gasteiger partial charge is 0.235 e. The maximum absolute atomic E-state index is 11.2. The number of carbonyl (C=O) groups is 1. The fourth-order valence-electron chi connectivity index (χ4n) is 1.56. The summed E-state index contributed by atoms with van der Waals surface area (Å²) in [6, 6.07) is -0.244. The van der Waals surface area contributed by atoms with Crippen molar-refractivity contribution in [3.63, 3.8) is 0 Å². The van der Waals surface area contributed by atoms with E-state index in [4.69, 9.17) is 5.73 Å². The van der Waals surface area contributed by atoms with Crippen LogP contribution in [-0.2, 0) is 4.79 Å². The Kier molecular flexibility index (Phi) is 5.88. The van der Waals surface area contributed by atoms with Gasteiger partial charge in [-0.15, -0.1) is 13.2 Å². The highest BCUT2D eigenvalue weighted by Gasteiger charge is 2.25. The van der Waals surface area contributed by atoms with Crippen molar-refractivity contribution in [2.45, 2.75) is 19.9 Å². The molecule has 0 aromatic carbocycles. The van der Waals surface area contributed by atoms with Gasteiger partial charge in [0.15, 0.2) is 0 Å². The molecule has 0 aromatic heterocycles. The minimum absolute atomic E-state index is 0.201. The van der Waals surface area contributed by atoms with Crippen molar-refractivity contribution in [3.8, 4) is 0 Å². The molecule has 2 N–H and O–H groups in total. The second kappa shape index (κ2) is 6.38. The quantitative estimate of drug-likeness (QED) is 0.621. The Morgan fingerprint density at radius 1 is 1.36 bits per heavy atom. The number of primary amides is 1. The molecule has 0 aliphatic carbocycles. The lowest BCUT2D eigenvalue weighted by atomic mass is 10.0. The van der Waals surface area contributed by atoms with E-state index in [0.29, 0.717) is 13.1 Å². The average molecular weight is 196 g/mol. The highest BCUT2D eigenvalue weighted by molar-refractivity contribution is 5.80. The summed E-state index contributed by atoms with van der Waals surface area (Å²) in [5.41, 5.74) is 5.35. The minimum Gasteiger partial charge on any atom is -0.368 e. The van der Waals surface area contributed by atoms with Crippen molar-refractivity contribution in [1.29, 1.82) is 0 Å². The van der Waals surface area contributed by atoms with Gasteiger partial charge in [0.2, 0.25) is 5.91 Å². The van der Waals surface area contributed by atoms with Crippen LogP contribution in [0.5, 0.6) is 0 Å². The third-order valence-corrected chi connectivity index (χ3v) is 2.04. The van der Waals surface area contributed by atoms with Crippen LogP contribution in [0.15, 0.2) is 25.3 Å². The molecule has 0 rings (SSSR count). The summed E-state index contributed by atoms with van der Waals surface area (Å²) < 4.78 is 0. The predicted molar refractivity (Wildman–Crippen MR) is 59.8 cm³/mol. The minimum atomic E-state index is -0.288. The summed E-state index contributed by atoms with van der Waals surface area (Å²) in [6.07, 6.45) is 3.53. The van der Waals surface area contributed by atoms with E-state index in [1.165, 1.54) is 0 Å². The molecular weight excluding hydrogens is 176 g/mol. The monoisotopic (exact) mass is 196 g/mol. The molecule has 1 amide bonds. The van der Waals surface area contributed by atoms with E-state index in [1.54, 1.807) is 12.2 Å². The second-order valence-electron chi connectivity index (χ2n) is 3.62. The van der Waals surface area contributed by atoms with Gasteiger partial charge in [-0.3, -0.25) is 9.69 Å². The molecule has 0 aliphatic rings. The van der Waals surface area contributed by atoms with E-state index in [1.807, 2.05) is 18.7 Å². The Bertz CT molecular complexity index is 201. The largest absolute Gasteiger partial charge is 0.368 e. The summed E-state index contributed by atoms with van der Waals surface area (Å²) in [6.45, 7) is 12.6. The number of hydrogen-bond donors (Lipinski definition) is 1. The summed E-state index contributed by atoms with van der Waals surface area (Å²) in [7, 11) is 0. The summed E-state index contributed by atoms with van der Waals surface area (Å²) in [5.74, 6) is -0.0869. The summed E-state index contributed by atoms with van der Waals surface area (Å²) in [4.78, 5) is 13.2. The first kappa shape index (κ1) is 12.9. The Morgan fingerprint density at radius 3 is 2.00 bits per heavy atom. The van der Waals surface area contributed by atoms with Crippen LogP contribution in [0.2, 0.25) is 0 Å². The van der Waals surface area contributed by atoms with Crippen molar-refractivity contribution in [2.75, 3.05) is 13.1 Å². The normalized spacial score (nSPS) is 12.9. The molecule has 0 aromatic rings. The maximum Gasteiger partial charge on any atom is 0.235 e. The van der Waals surface area contributed by atoms with Crippen LogP contribution in [0, 0.1) is 5.92 Å². The highest BCUT2D eigenvalue weighted by Crippen LogP contribution is 2.10. The molecule has 0 saturated carbocycles. The first-order valence-corrected chi connectivity index (χ1v) is 4.79. The van der Waals surface area contributed by atoms with Gasteiger partial charge in [0, 0.05) is 13.1 Å². The molecular formula is C11H20N2O. The van der Waals surface area contributed by atoms with E-state index >= 15 is 0 Å². The molecule has 1 atom stereocenters. The van der Waals surface area contributed by atoms with Gasteiger partial charge in [-0.05, 0) is 5.92 Å². The first-order valence-electron chi connectivity index (χ1n) is 4.79. The zero-order valence-electron chi connectivity index (χ0n) is 9.07. The summed E-state index contributed by atoms with van der Waals surface area (Å²) >= 11 is 0. The molecule has 3 heteroatoms. The zero-order chi connectivity index (χ0) is 11.1. The van der Waals surface area contributed by atoms with Gasteiger partial charge in [-0.2, -0.15) is 0 Å². The van der Waals surface area contributed by atoms with Gasteiger partial charge in [0.25, 0.3) is 0 Å². The fourth-order valence-corrected chi connectivity index (χ4v) is 1.56. The van der Waals surface area contributed by atoms with E-state index in [9.17, 15) is 4.79 Å². The van der Waals surface area contributed by atoms with Gasteiger partial charge >= 0.3 is 0 Å². The lowest BCUT2D eigenvalue weighted by molar-refractivity contribution is -0.124. The molecule has 80 valence electrons. The third kappa shape index (κ3) is 3.75. The molecule has 0 spiro atoms. The third-order valence-electron chi connectivity index (χ3n) is 2.04. The van der Waals surface area contributed by atoms with Crippen LogP contribution in [0.1, 0.15) is 13.8 Å². The van der Waals surface area contributed by atoms with E-state index in [-0.39, 0.29) is 17.9 Å². The Morgan fingerprint density at radius 2 is 1.79 bits per heavy atom. The summed E-state index contributed by atoms with van der Waals surface area (Å²) in [5, 5.41) is 0. The highest BCUT2D eigenvalue weighted by atomic mass is 16.1. The van der Waals surface area contributed by atoms with E-state index in [0.717, 1.165) is 0 Å². The lowest BCUT2D eigenvalue weighted by Gasteiger charge is -2.30. The van der Waals surface area contributed by atoms with Crippen molar-refractivity contribution in [3.05, 3.63) is 25.3 Å². The van der Waals surface area contributed by atoms with Gasteiger partial charge < -0.3 is 5.73 Å². The molecule has 0 saturated heterocycles. The van der Waals surface area contributed by atoms with Crippen LogP contribution in [-0.4, -0.2) is 29.9 Å². The second-order valence-corrected chi connectivity index (χ2v) is 3.62. The van der Waals surface area contributed by atoms with Crippen LogP contribution in [0.25, 0.3) is 0 Å². The molecule has 0 heterocycles. The molecule has 0 aliphatic heterocycles. The number of nitrogens with two attached hydrogens (primary N) is 1. The molecule has 1 unspecified atom stereocenters. The number of rotatable bonds is 7. The maximum atomic E-state index is 11.2. The standard InChI is InChI=1S/C11H20N2O/c1-5-7-13(8-6-2)10(9(3)4)11(12)14/h5-6,9-10H,1-2,7-8H2,3-4H3,(H2,12,14). The topological polar surface area (TPSA) is 46.3 Å². The van der Waals surface area contributed by atoms with Crippen LogP contribution >= 0.6 is 0 Å². The number of hydrogen-bond acceptors (Lipinski definition) is 2. The van der Waals surface area contributed by atoms with Crippen molar-refractivity contribution < 1.29 is 4.79 Å². The van der Waals surface area contributed by atoms with Crippen LogP contribution < -0.4 is 5.73 Å².